The first-order valence-corrected chi connectivity index (χ1v) is 4.19. The van der Waals surface area contributed by atoms with Crippen molar-refractivity contribution in [3.05, 3.63) is 22.4 Å². The fraction of sp³-hybridized carbons (Fsp3) is 0.429. The van der Waals surface area contributed by atoms with Gasteiger partial charge in [0, 0.05) is 11.3 Å². The van der Waals surface area contributed by atoms with Crippen molar-refractivity contribution in [2.75, 3.05) is 6.61 Å². The van der Waals surface area contributed by atoms with E-state index in [1.807, 2.05) is 5.38 Å². The molecular formula is C7H7F3OS. The van der Waals surface area contributed by atoms with Gasteiger partial charge in [-0.1, -0.05) is 6.07 Å². The molecule has 0 aliphatic heterocycles. The van der Waals surface area contributed by atoms with Gasteiger partial charge in [0.15, 0.2) is 0 Å². The van der Waals surface area contributed by atoms with Crippen molar-refractivity contribution in [1.29, 1.82) is 0 Å². The maximum atomic E-state index is 11.5. The number of alkyl halides is 3. The minimum atomic E-state index is -4.50. The molecule has 0 atom stereocenters. The summed E-state index contributed by atoms with van der Waals surface area (Å²) in [7, 11) is 0. The highest BCUT2D eigenvalue weighted by Crippen LogP contribution is 2.17. The van der Waals surface area contributed by atoms with Gasteiger partial charge in [0.1, 0.15) is 0 Å². The van der Waals surface area contributed by atoms with Gasteiger partial charge in [-0.15, -0.1) is 24.5 Å². The summed E-state index contributed by atoms with van der Waals surface area (Å²) >= 11 is 1.43. The molecule has 0 saturated heterocycles. The van der Waals surface area contributed by atoms with Gasteiger partial charge in [0.2, 0.25) is 0 Å². The standard InChI is InChI=1S/C7H7F3OS/c8-7(9,10)11-4-3-6-2-1-5-12-6/h1-2,5H,3-4H2. The van der Waals surface area contributed by atoms with Crippen LogP contribution in [-0.2, 0) is 11.2 Å². The van der Waals surface area contributed by atoms with E-state index >= 15 is 0 Å². The molecule has 0 amide bonds. The van der Waals surface area contributed by atoms with Crippen LogP contribution in [0, 0.1) is 0 Å². The van der Waals surface area contributed by atoms with E-state index in [9.17, 15) is 13.2 Å². The minimum absolute atomic E-state index is 0.302. The number of ether oxygens (including phenoxy) is 1. The fourth-order valence-corrected chi connectivity index (χ4v) is 1.41. The van der Waals surface area contributed by atoms with Gasteiger partial charge < -0.3 is 0 Å². The van der Waals surface area contributed by atoms with E-state index in [1.54, 1.807) is 12.1 Å². The molecule has 0 bridgehead atoms. The molecule has 0 aliphatic rings. The Morgan fingerprint density at radius 1 is 1.42 bits per heavy atom. The Morgan fingerprint density at radius 3 is 2.67 bits per heavy atom. The molecule has 0 aromatic carbocycles. The quantitative estimate of drug-likeness (QED) is 0.722. The van der Waals surface area contributed by atoms with E-state index in [1.165, 1.54) is 11.3 Å². The van der Waals surface area contributed by atoms with Gasteiger partial charge in [-0.05, 0) is 11.4 Å². The largest absolute Gasteiger partial charge is 0.522 e. The third kappa shape index (κ3) is 3.73. The third-order valence-electron chi connectivity index (χ3n) is 1.19. The van der Waals surface area contributed by atoms with Crippen LogP contribution >= 0.6 is 11.3 Å². The van der Waals surface area contributed by atoms with Crippen molar-refractivity contribution < 1.29 is 17.9 Å². The Hall–Kier alpha value is -0.550. The van der Waals surface area contributed by atoms with E-state index in [-0.39, 0.29) is 6.61 Å². The van der Waals surface area contributed by atoms with Crippen LogP contribution in [0.3, 0.4) is 0 Å². The van der Waals surface area contributed by atoms with Crippen LogP contribution in [0.25, 0.3) is 0 Å². The van der Waals surface area contributed by atoms with Crippen molar-refractivity contribution in [2.45, 2.75) is 12.8 Å². The lowest BCUT2D eigenvalue weighted by Gasteiger charge is -2.05. The van der Waals surface area contributed by atoms with E-state index in [2.05, 4.69) is 4.74 Å². The molecule has 68 valence electrons. The van der Waals surface area contributed by atoms with E-state index in [4.69, 9.17) is 0 Å². The molecular weight excluding hydrogens is 189 g/mol. The number of halogens is 3. The summed E-state index contributed by atoms with van der Waals surface area (Å²) in [5.41, 5.74) is 0. The molecule has 1 nitrogen and oxygen atoms in total. The molecule has 1 aromatic heterocycles. The zero-order valence-electron chi connectivity index (χ0n) is 6.10. The smallest absolute Gasteiger partial charge is 0.292 e. The number of thiophene rings is 1. The summed E-state index contributed by atoms with van der Waals surface area (Å²) in [5, 5.41) is 1.82. The summed E-state index contributed by atoms with van der Waals surface area (Å²) in [6.45, 7) is -0.302. The molecule has 12 heavy (non-hydrogen) atoms. The summed E-state index contributed by atoms with van der Waals surface area (Å²) in [5.74, 6) is 0. The number of hydrogen-bond donors (Lipinski definition) is 0. The molecule has 0 N–H and O–H groups in total. The first-order chi connectivity index (χ1) is 5.58. The Bertz CT molecular complexity index is 217. The Labute approximate surface area is 71.8 Å². The van der Waals surface area contributed by atoms with E-state index in [0.717, 1.165) is 4.88 Å². The van der Waals surface area contributed by atoms with Gasteiger partial charge in [-0.2, -0.15) is 0 Å². The van der Waals surface area contributed by atoms with E-state index in [0.29, 0.717) is 6.42 Å². The Balaban J connectivity index is 2.20. The van der Waals surface area contributed by atoms with Crippen molar-refractivity contribution in [3.63, 3.8) is 0 Å². The topological polar surface area (TPSA) is 9.23 Å². The van der Waals surface area contributed by atoms with Crippen LogP contribution in [0.4, 0.5) is 13.2 Å². The van der Waals surface area contributed by atoms with Crippen LogP contribution in [0.5, 0.6) is 0 Å². The molecule has 0 spiro atoms. The molecule has 5 heteroatoms. The second kappa shape index (κ2) is 3.91. The molecule has 0 radical (unpaired) electrons. The van der Waals surface area contributed by atoms with Crippen molar-refractivity contribution in [1.82, 2.24) is 0 Å². The molecule has 1 aromatic rings. The summed E-state index contributed by atoms with van der Waals surface area (Å²) in [6.07, 6.45) is -4.19. The first-order valence-electron chi connectivity index (χ1n) is 3.31. The summed E-state index contributed by atoms with van der Waals surface area (Å²) in [4.78, 5) is 0.902. The van der Waals surface area contributed by atoms with Crippen LogP contribution in [-0.4, -0.2) is 13.0 Å². The molecule has 1 rings (SSSR count). The lowest BCUT2D eigenvalue weighted by molar-refractivity contribution is -0.324. The molecule has 0 fully saturated rings. The fourth-order valence-electron chi connectivity index (χ4n) is 0.722. The lowest BCUT2D eigenvalue weighted by atomic mass is 10.4. The van der Waals surface area contributed by atoms with Gasteiger partial charge in [-0.25, -0.2) is 0 Å². The predicted octanol–water partition coefficient (Wildman–Crippen LogP) is 2.83. The lowest BCUT2D eigenvalue weighted by Crippen LogP contribution is -2.14. The van der Waals surface area contributed by atoms with Gasteiger partial charge in [-0.3, -0.25) is 4.74 Å². The van der Waals surface area contributed by atoms with E-state index < -0.39 is 6.36 Å². The maximum Gasteiger partial charge on any atom is 0.522 e. The second-order valence-electron chi connectivity index (χ2n) is 2.12. The summed E-state index contributed by atoms with van der Waals surface area (Å²) < 4.78 is 38.0. The zero-order valence-corrected chi connectivity index (χ0v) is 6.91. The Kier molecular flexibility index (Phi) is 3.11. The van der Waals surface area contributed by atoms with Crippen molar-refractivity contribution in [2.24, 2.45) is 0 Å². The predicted molar refractivity (Wildman–Crippen MR) is 40.0 cm³/mol. The number of hydrogen-bond acceptors (Lipinski definition) is 2. The first kappa shape index (κ1) is 9.54. The monoisotopic (exact) mass is 196 g/mol. The Morgan fingerprint density at radius 2 is 2.17 bits per heavy atom. The minimum Gasteiger partial charge on any atom is -0.292 e. The second-order valence-corrected chi connectivity index (χ2v) is 3.16. The molecule has 0 aliphatic carbocycles. The normalized spacial score (nSPS) is 11.9. The number of rotatable bonds is 3. The highest BCUT2D eigenvalue weighted by molar-refractivity contribution is 7.09. The van der Waals surface area contributed by atoms with Crippen LogP contribution in [0.1, 0.15) is 4.88 Å². The molecule has 0 unspecified atom stereocenters. The maximum absolute atomic E-state index is 11.5. The van der Waals surface area contributed by atoms with Gasteiger partial charge in [0.05, 0.1) is 6.61 Å². The van der Waals surface area contributed by atoms with Gasteiger partial charge >= 0.3 is 6.36 Å². The van der Waals surface area contributed by atoms with Crippen LogP contribution < -0.4 is 0 Å². The highest BCUT2D eigenvalue weighted by Gasteiger charge is 2.28. The van der Waals surface area contributed by atoms with Crippen LogP contribution in [0.2, 0.25) is 0 Å². The molecule has 1 heterocycles. The third-order valence-corrected chi connectivity index (χ3v) is 2.13. The molecule has 0 saturated carbocycles. The average molecular weight is 196 g/mol. The highest BCUT2D eigenvalue weighted by atomic mass is 32.1. The van der Waals surface area contributed by atoms with Crippen molar-refractivity contribution >= 4 is 11.3 Å². The van der Waals surface area contributed by atoms with Crippen molar-refractivity contribution in [3.8, 4) is 0 Å². The summed E-state index contributed by atoms with van der Waals surface area (Å²) in [6, 6.07) is 3.58. The zero-order chi connectivity index (χ0) is 9.03. The average Bonchev–Trinajstić information content (AvgIpc) is 2.36. The van der Waals surface area contributed by atoms with Crippen LogP contribution in [0.15, 0.2) is 17.5 Å². The SMILES string of the molecule is FC(F)(F)OCCc1cccs1. The van der Waals surface area contributed by atoms with Gasteiger partial charge in [0.25, 0.3) is 0 Å².